The van der Waals surface area contributed by atoms with Crippen LogP contribution in [0.3, 0.4) is 0 Å². The molecule has 0 unspecified atom stereocenters. The van der Waals surface area contributed by atoms with E-state index < -0.39 is 6.04 Å². The molecule has 6 heteroatoms. The van der Waals surface area contributed by atoms with Gasteiger partial charge in [0.15, 0.2) is 0 Å². The molecule has 0 heterocycles. The first-order valence-electron chi connectivity index (χ1n) is 12.7. The summed E-state index contributed by atoms with van der Waals surface area (Å²) in [6.45, 7) is 0.570. The summed E-state index contributed by atoms with van der Waals surface area (Å²) in [5.41, 5.74) is 5.69. The highest BCUT2D eigenvalue weighted by Crippen LogP contribution is 2.40. The van der Waals surface area contributed by atoms with Gasteiger partial charge >= 0.3 is 0 Å². The van der Waals surface area contributed by atoms with E-state index in [0.29, 0.717) is 12.1 Å². The Balaban J connectivity index is 1.84. The molecule has 196 valence electrons. The Hall–Kier alpha value is -4.29. The minimum absolute atomic E-state index is 0.169. The third kappa shape index (κ3) is 6.15. The quantitative estimate of drug-likeness (QED) is 0.232. The van der Waals surface area contributed by atoms with Crippen LogP contribution in [0.1, 0.15) is 34.3 Å². The van der Waals surface area contributed by atoms with Crippen molar-refractivity contribution in [1.82, 2.24) is 5.32 Å². The summed E-state index contributed by atoms with van der Waals surface area (Å²) in [6.07, 6.45) is 1.72. The van der Waals surface area contributed by atoms with Gasteiger partial charge in [0.25, 0.3) is 0 Å². The van der Waals surface area contributed by atoms with E-state index in [4.69, 9.17) is 4.99 Å². The van der Waals surface area contributed by atoms with Crippen LogP contribution in [0, 0.1) is 0 Å². The van der Waals surface area contributed by atoms with E-state index in [-0.39, 0.29) is 17.5 Å². The van der Waals surface area contributed by atoms with Crippen molar-refractivity contribution in [2.75, 3.05) is 38.0 Å². The number of aromatic hydroxyl groups is 2. The molecule has 3 N–H and O–H groups in total. The first-order valence-corrected chi connectivity index (χ1v) is 12.7. The van der Waals surface area contributed by atoms with E-state index in [1.54, 1.807) is 24.4 Å². The lowest BCUT2D eigenvalue weighted by atomic mass is 9.91. The van der Waals surface area contributed by atoms with Crippen LogP contribution in [0.25, 0.3) is 0 Å². The van der Waals surface area contributed by atoms with Crippen molar-refractivity contribution in [3.63, 3.8) is 0 Å². The summed E-state index contributed by atoms with van der Waals surface area (Å²) in [4.78, 5) is 9.23. The summed E-state index contributed by atoms with van der Waals surface area (Å²) >= 11 is 0. The summed E-state index contributed by atoms with van der Waals surface area (Å²) in [6, 6.07) is 30.2. The monoisotopic (exact) mass is 508 g/mol. The fourth-order valence-electron chi connectivity index (χ4n) is 4.71. The fourth-order valence-corrected chi connectivity index (χ4v) is 4.71. The summed E-state index contributed by atoms with van der Waals surface area (Å²) in [7, 11) is 8.09. The van der Waals surface area contributed by atoms with Crippen molar-refractivity contribution in [1.29, 1.82) is 0 Å². The van der Waals surface area contributed by atoms with Crippen LogP contribution in [0.15, 0.2) is 102 Å². The maximum absolute atomic E-state index is 11.0. The van der Waals surface area contributed by atoms with Crippen molar-refractivity contribution in [2.45, 2.75) is 18.6 Å². The van der Waals surface area contributed by atoms with Crippen molar-refractivity contribution in [2.24, 2.45) is 4.99 Å². The predicted octanol–water partition coefficient (Wildman–Crippen LogP) is 5.92. The number of hydrogen-bond donors (Lipinski definition) is 3. The number of rotatable bonds is 10. The van der Waals surface area contributed by atoms with Gasteiger partial charge in [-0.1, -0.05) is 66.7 Å². The van der Waals surface area contributed by atoms with Crippen LogP contribution in [0.4, 0.5) is 11.4 Å². The molecule has 0 saturated carbocycles. The van der Waals surface area contributed by atoms with Crippen LogP contribution in [-0.4, -0.2) is 44.6 Å². The lowest BCUT2D eigenvalue weighted by Crippen LogP contribution is -2.28. The highest BCUT2D eigenvalue weighted by atomic mass is 16.3. The molecule has 0 spiro atoms. The average molecular weight is 509 g/mol. The van der Waals surface area contributed by atoms with Crippen LogP contribution in [-0.2, 0) is 6.54 Å². The Morgan fingerprint density at radius 2 is 1.24 bits per heavy atom. The van der Waals surface area contributed by atoms with E-state index in [9.17, 15) is 10.2 Å². The van der Waals surface area contributed by atoms with E-state index >= 15 is 0 Å². The van der Waals surface area contributed by atoms with E-state index in [1.165, 1.54) is 0 Å². The molecule has 0 amide bonds. The fraction of sp³-hybridized carbons (Fsp3) is 0.219. The third-order valence-electron chi connectivity index (χ3n) is 6.62. The van der Waals surface area contributed by atoms with Crippen molar-refractivity contribution in [3.05, 3.63) is 119 Å². The van der Waals surface area contributed by atoms with Gasteiger partial charge in [0.05, 0.1) is 12.1 Å². The molecule has 38 heavy (non-hydrogen) atoms. The van der Waals surface area contributed by atoms with Gasteiger partial charge in [-0.05, 0) is 35.9 Å². The van der Waals surface area contributed by atoms with Crippen LogP contribution >= 0.6 is 0 Å². The lowest BCUT2D eigenvalue weighted by Gasteiger charge is -2.30. The maximum Gasteiger partial charge on any atom is 0.124 e. The maximum atomic E-state index is 11.0. The first kappa shape index (κ1) is 26.8. The molecule has 4 aromatic carbocycles. The number of phenolic OH excluding ortho intramolecular Hbond substituents is 2. The minimum Gasteiger partial charge on any atom is -0.508 e. The summed E-state index contributed by atoms with van der Waals surface area (Å²) in [5, 5.41) is 25.1. The van der Waals surface area contributed by atoms with Crippen LogP contribution < -0.4 is 15.1 Å². The topological polar surface area (TPSA) is 71.3 Å². The number of benzene rings is 4. The molecule has 0 aliphatic carbocycles. The molecule has 0 radical (unpaired) electrons. The zero-order chi connectivity index (χ0) is 27.1. The normalized spacial score (nSPS) is 12.8. The number of nitrogens with one attached hydrogen (secondary N) is 1. The molecule has 6 nitrogen and oxygen atoms in total. The number of anilines is 2. The van der Waals surface area contributed by atoms with Crippen molar-refractivity contribution < 1.29 is 10.2 Å². The summed E-state index contributed by atoms with van der Waals surface area (Å²) < 4.78 is 0. The number of nitrogens with zero attached hydrogens (tertiary/aromatic N) is 3. The molecule has 0 aliphatic heterocycles. The third-order valence-corrected chi connectivity index (χ3v) is 6.62. The first-order chi connectivity index (χ1) is 18.4. The Bertz CT molecular complexity index is 1380. The Kier molecular flexibility index (Phi) is 8.66. The van der Waals surface area contributed by atoms with Gasteiger partial charge in [-0.3, -0.25) is 4.99 Å². The SMILES string of the molecule is CN(C)c1ccccc1CN[C@H](c1ccccc1O)[C@H](N=Cc1ccccc1O)c1ccccc1N(C)C. The predicted molar refractivity (Wildman–Crippen MR) is 158 cm³/mol. The lowest BCUT2D eigenvalue weighted by molar-refractivity contribution is 0.415. The molecule has 2 atom stereocenters. The molecule has 0 saturated heterocycles. The second-order valence-corrected chi connectivity index (χ2v) is 9.68. The second kappa shape index (κ2) is 12.3. The van der Waals surface area contributed by atoms with Gasteiger partial charge in [-0.15, -0.1) is 0 Å². The molecular weight excluding hydrogens is 472 g/mol. The summed E-state index contributed by atoms with van der Waals surface area (Å²) in [5.74, 6) is 0.374. The van der Waals surface area contributed by atoms with Gasteiger partial charge in [-0.2, -0.15) is 0 Å². The van der Waals surface area contributed by atoms with Crippen molar-refractivity contribution in [3.8, 4) is 11.5 Å². The molecule has 0 bridgehead atoms. The second-order valence-electron chi connectivity index (χ2n) is 9.68. The van der Waals surface area contributed by atoms with Gasteiger partial charge in [0.2, 0.25) is 0 Å². The van der Waals surface area contributed by atoms with Crippen LogP contribution in [0.2, 0.25) is 0 Å². The molecular formula is C32H36N4O2. The zero-order valence-corrected chi connectivity index (χ0v) is 22.4. The van der Waals surface area contributed by atoms with Gasteiger partial charge in [0, 0.05) is 69.0 Å². The van der Waals surface area contributed by atoms with Gasteiger partial charge in [-0.25, -0.2) is 0 Å². The highest BCUT2D eigenvalue weighted by Gasteiger charge is 2.28. The number of phenols is 2. The minimum atomic E-state index is -0.409. The number of hydrogen-bond acceptors (Lipinski definition) is 6. The smallest absolute Gasteiger partial charge is 0.124 e. The van der Waals surface area contributed by atoms with Crippen molar-refractivity contribution >= 4 is 17.6 Å². The largest absolute Gasteiger partial charge is 0.508 e. The average Bonchev–Trinajstić information content (AvgIpc) is 2.92. The van der Waals surface area contributed by atoms with Gasteiger partial charge in [0.1, 0.15) is 11.5 Å². The molecule has 0 aromatic heterocycles. The Morgan fingerprint density at radius 3 is 1.89 bits per heavy atom. The van der Waals surface area contributed by atoms with E-state index in [2.05, 4.69) is 39.4 Å². The molecule has 0 fully saturated rings. The highest BCUT2D eigenvalue weighted by molar-refractivity contribution is 5.83. The van der Waals surface area contributed by atoms with Gasteiger partial charge < -0.3 is 25.3 Å². The standard InChI is InChI=1S/C32H36N4O2/c1-35(2)27-17-9-5-13-23(27)21-33-32(26-16-8-12-20-30(26)38)31(25-15-7-10-18-28(25)36(3)4)34-22-24-14-6-11-19-29(24)37/h5-20,22,31-33,37-38H,21H2,1-4H3/t31-,32-/m1/s1. The number of aliphatic imine (C=N–C) groups is 1. The molecule has 4 aromatic rings. The van der Waals surface area contributed by atoms with Crippen LogP contribution in [0.5, 0.6) is 11.5 Å². The zero-order valence-electron chi connectivity index (χ0n) is 22.4. The number of para-hydroxylation sites is 4. The van der Waals surface area contributed by atoms with E-state index in [1.807, 2.05) is 82.8 Å². The molecule has 0 aliphatic rings. The molecule has 4 rings (SSSR count). The van der Waals surface area contributed by atoms with E-state index in [0.717, 1.165) is 28.1 Å². The Labute approximate surface area is 225 Å². The Morgan fingerprint density at radius 1 is 0.684 bits per heavy atom.